The van der Waals surface area contributed by atoms with Crippen molar-refractivity contribution >= 4 is 21.6 Å². The molecule has 33 heavy (non-hydrogen) atoms. The van der Waals surface area contributed by atoms with E-state index < -0.39 is 16.1 Å². The van der Waals surface area contributed by atoms with Crippen molar-refractivity contribution in [3.05, 3.63) is 54.1 Å². The SMILES string of the molecule is O=C(C[C@H]1C[C@@H]2c3cc(NS(=O)(=O)c4ccccc4)ccc3O[C@@H]2[C@H](CO)O1)NCC1CC1. The van der Waals surface area contributed by atoms with E-state index in [-0.39, 0.29) is 42.0 Å². The molecule has 1 amide bonds. The number of amides is 1. The molecule has 9 heteroatoms. The average molecular weight is 473 g/mol. The van der Waals surface area contributed by atoms with Gasteiger partial charge >= 0.3 is 0 Å². The van der Waals surface area contributed by atoms with Gasteiger partial charge in [0.05, 0.1) is 24.0 Å². The van der Waals surface area contributed by atoms with Gasteiger partial charge in [0.25, 0.3) is 10.0 Å². The molecule has 2 aromatic carbocycles. The molecule has 4 atom stereocenters. The molecule has 1 saturated heterocycles. The van der Waals surface area contributed by atoms with Crippen molar-refractivity contribution in [1.29, 1.82) is 0 Å². The van der Waals surface area contributed by atoms with Crippen LogP contribution in [0.25, 0.3) is 0 Å². The second kappa shape index (κ2) is 8.96. The highest BCUT2D eigenvalue weighted by molar-refractivity contribution is 7.92. The lowest BCUT2D eigenvalue weighted by molar-refractivity contribution is -0.142. The molecule has 3 aliphatic rings. The lowest BCUT2D eigenvalue weighted by Crippen LogP contribution is -2.47. The first-order chi connectivity index (χ1) is 15.9. The molecule has 176 valence electrons. The first-order valence-electron chi connectivity index (χ1n) is 11.3. The summed E-state index contributed by atoms with van der Waals surface area (Å²) in [7, 11) is -3.72. The maximum atomic E-state index is 12.7. The van der Waals surface area contributed by atoms with E-state index in [1.54, 1.807) is 36.4 Å². The minimum absolute atomic E-state index is 0.0504. The number of sulfonamides is 1. The van der Waals surface area contributed by atoms with Crippen LogP contribution in [0.4, 0.5) is 5.69 Å². The molecule has 8 nitrogen and oxygen atoms in total. The summed E-state index contributed by atoms with van der Waals surface area (Å²) in [6.45, 7) is 0.487. The molecular weight excluding hydrogens is 444 g/mol. The quantitative estimate of drug-likeness (QED) is 0.544. The van der Waals surface area contributed by atoms with Crippen LogP contribution in [0.5, 0.6) is 5.75 Å². The minimum Gasteiger partial charge on any atom is -0.487 e. The van der Waals surface area contributed by atoms with Crippen LogP contribution in [0, 0.1) is 5.92 Å². The van der Waals surface area contributed by atoms with E-state index in [4.69, 9.17) is 9.47 Å². The fourth-order valence-electron chi connectivity index (χ4n) is 4.63. The van der Waals surface area contributed by atoms with Gasteiger partial charge in [-0.3, -0.25) is 9.52 Å². The highest BCUT2D eigenvalue weighted by Crippen LogP contribution is 2.47. The fraction of sp³-hybridized carbons (Fsp3) is 0.458. The first-order valence-corrected chi connectivity index (χ1v) is 12.8. The first kappa shape index (κ1) is 22.2. The Kier molecular flexibility index (Phi) is 6.03. The molecule has 0 bridgehead atoms. The summed E-state index contributed by atoms with van der Waals surface area (Å²) in [4.78, 5) is 12.5. The van der Waals surface area contributed by atoms with Crippen LogP contribution in [-0.4, -0.2) is 50.9 Å². The van der Waals surface area contributed by atoms with E-state index >= 15 is 0 Å². The average Bonchev–Trinajstić information content (AvgIpc) is 3.58. The lowest BCUT2D eigenvalue weighted by Gasteiger charge is -2.37. The Morgan fingerprint density at radius 1 is 1.12 bits per heavy atom. The number of hydrogen-bond donors (Lipinski definition) is 3. The molecule has 0 radical (unpaired) electrons. The number of fused-ring (bicyclic) bond motifs is 3. The Morgan fingerprint density at radius 2 is 1.91 bits per heavy atom. The number of carbonyl (C=O) groups is 1. The Morgan fingerprint density at radius 3 is 2.64 bits per heavy atom. The third-order valence-corrected chi connectivity index (χ3v) is 7.90. The van der Waals surface area contributed by atoms with Crippen molar-refractivity contribution in [1.82, 2.24) is 5.32 Å². The standard InChI is InChI=1S/C24H28N2O6S/c27-14-22-24-20(11-17(31-22)12-23(28)25-13-15-6-7-15)19-10-16(8-9-21(19)32-24)26-33(29,30)18-4-2-1-3-5-18/h1-5,8-10,15,17,20,22,24,26-27H,6-7,11-14H2,(H,25,28)/t17-,20-,22+,24+/m1/s1. The van der Waals surface area contributed by atoms with Gasteiger partial charge < -0.3 is 19.9 Å². The van der Waals surface area contributed by atoms with Gasteiger partial charge in [-0.15, -0.1) is 0 Å². The van der Waals surface area contributed by atoms with Crippen LogP contribution >= 0.6 is 0 Å². The Hall–Kier alpha value is -2.62. The van der Waals surface area contributed by atoms with Crippen molar-refractivity contribution in [2.24, 2.45) is 5.92 Å². The second-order valence-electron chi connectivity index (χ2n) is 9.03. The molecule has 1 aliphatic carbocycles. The van der Waals surface area contributed by atoms with Gasteiger partial charge in [-0.1, -0.05) is 18.2 Å². The van der Waals surface area contributed by atoms with Gasteiger partial charge in [-0.25, -0.2) is 8.42 Å². The van der Waals surface area contributed by atoms with E-state index in [2.05, 4.69) is 10.0 Å². The van der Waals surface area contributed by atoms with Crippen LogP contribution in [0.1, 0.15) is 37.2 Å². The number of hydrogen-bond acceptors (Lipinski definition) is 6. The summed E-state index contributed by atoms with van der Waals surface area (Å²) in [5.41, 5.74) is 1.30. The molecular formula is C24H28N2O6S. The molecule has 0 aromatic heterocycles. The Balaban J connectivity index is 1.32. The molecule has 5 rings (SSSR count). The van der Waals surface area contributed by atoms with Gasteiger partial charge in [0.15, 0.2) is 0 Å². The molecule has 2 heterocycles. The Labute approximate surface area is 193 Å². The normalized spacial score (nSPS) is 26.1. The zero-order chi connectivity index (χ0) is 23.0. The van der Waals surface area contributed by atoms with Crippen molar-refractivity contribution in [3.8, 4) is 5.75 Å². The third kappa shape index (κ3) is 4.85. The predicted molar refractivity (Wildman–Crippen MR) is 122 cm³/mol. The molecule has 1 saturated carbocycles. The maximum Gasteiger partial charge on any atom is 0.261 e. The van der Waals surface area contributed by atoms with Crippen molar-refractivity contribution in [2.75, 3.05) is 17.9 Å². The van der Waals surface area contributed by atoms with Gasteiger partial charge in [0, 0.05) is 23.7 Å². The fourth-order valence-corrected chi connectivity index (χ4v) is 5.70. The van der Waals surface area contributed by atoms with E-state index in [9.17, 15) is 18.3 Å². The number of rotatable bonds is 8. The number of aliphatic hydroxyl groups is 1. The number of anilines is 1. The van der Waals surface area contributed by atoms with E-state index in [0.29, 0.717) is 30.3 Å². The van der Waals surface area contributed by atoms with Crippen LogP contribution in [0.15, 0.2) is 53.4 Å². The molecule has 3 N–H and O–H groups in total. The molecule has 2 aliphatic heterocycles. The van der Waals surface area contributed by atoms with Gasteiger partial charge in [-0.2, -0.15) is 0 Å². The molecule has 0 unspecified atom stereocenters. The second-order valence-corrected chi connectivity index (χ2v) is 10.7. The summed E-state index contributed by atoms with van der Waals surface area (Å²) in [5, 5.41) is 12.9. The summed E-state index contributed by atoms with van der Waals surface area (Å²) >= 11 is 0. The van der Waals surface area contributed by atoms with Gasteiger partial charge in [0.1, 0.15) is 18.0 Å². The lowest BCUT2D eigenvalue weighted by atomic mass is 9.84. The van der Waals surface area contributed by atoms with Crippen molar-refractivity contribution in [3.63, 3.8) is 0 Å². The van der Waals surface area contributed by atoms with Crippen molar-refractivity contribution < 1.29 is 27.8 Å². The maximum absolute atomic E-state index is 12.7. The zero-order valence-corrected chi connectivity index (χ0v) is 19.0. The van der Waals surface area contributed by atoms with Crippen LogP contribution in [0.3, 0.4) is 0 Å². The van der Waals surface area contributed by atoms with E-state index in [0.717, 1.165) is 5.56 Å². The zero-order valence-electron chi connectivity index (χ0n) is 18.1. The van der Waals surface area contributed by atoms with Gasteiger partial charge in [-0.05, 0) is 55.5 Å². The third-order valence-electron chi connectivity index (χ3n) is 6.50. The molecule has 0 spiro atoms. The number of nitrogens with one attached hydrogen (secondary N) is 2. The minimum atomic E-state index is -3.72. The summed E-state index contributed by atoms with van der Waals surface area (Å²) in [5.74, 6) is 1.09. The number of ether oxygens (including phenoxy) is 2. The molecule has 2 fully saturated rings. The van der Waals surface area contributed by atoms with Crippen molar-refractivity contribution in [2.45, 2.75) is 54.8 Å². The van der Waals surface area contributed by atoms with E-state index in [1.807, 2.05) is 0 Å². The monoisotopic (exact) mass is 472 g/mol. The predicted octanol–water partition coefficient (Wildman–Crippen LogP) is 2.40. The van der Waals surface area contributed by atoms with E-state index in [1.165, 1.54) is 25.0 Å². The highest BCUT2D eigenvalue weighted by Gasteiger charge is 2.46. The Bertz CT molecular complexity index is 1120. The van der Waals surface area contributed by atoms with Crippen LogP contribution in [0.2, 0.25) is 0 Å². The molecule has 2 aromatic rings. The largest absolute Gasteiger partial charge is 0.487 e. The summed E-state index contributed by atoms with van der Waals surface area (Å²) < 4.78 is 40.2. The number of benzene rings is 2. The number of carbonyl (C=O) groups excluding carboxylic acids is 1. The topological polar surface area (TPSA) is 114 Å². The summed E-state index contributed by atoms with van der Waals surface area (Å²) in [6, 6.07) is 13.4. The smallest absolute Gasteiger partial charge is 0.261 e. The van der Waals surface area contributed by atoms with Crippen LogP contribution < -0.4 is 14.8 Å². The number of aliphatic hydroxyl groups excluding tert-OH is 1. The summed E-state index contributed by atoms with van der Waals surface area (Å²) in [6.07, 6.45) is 1.84. The highest BCUT2D eigenvalue weighted by atomic mass is 32.2. The van der Waals surface area contributed by atoms with Crippen LogP contribution in [-0.2, 0) is 19.6 Å². The van der Waals surface area contributed by atoms with Gasteiger partial charge in [0.2, 0.25) is 5.91 Å².